The van der Waals surface area contributed by atoms with Crippen LogP contribution in [0.1, 0.15) is 32.4 Å². The maximum absolute atomic E-state index is 12.2. The lowest BCUT2D eigenvalue weighted by Gasteiger charge is -2.33. The zero-order valence-corrected chi connectivity index (χ0v) is 11.3. The van der Waals surface area contributed by atoms with Crippen molar-refractivity contribution >= 4 is 6.03 Å². The Kier molecular flexibility index (Phi) is 4.17. The summed E-state index contributed by atoms with van der Waals surface area (Å²) in [6, 6.07) is 4.27. The van der Waals surface area contributed by atoms with Crippen LogP contribution < -0.4 is 5.32 Å². The van der Waals surface area contributed by atoms with Gasteiger partial charge in [0.25, 0.3) is 0 Å². The van der Waals surface area contributed by atoms with Gasteiger partial charge >= 0.3 is 6.03 Å². The molecule has 0 aromatic carbocycles. The molecular formula is C13H19N5O. The van der Waals surface area contributed by atoms with Gasteiger partial charge in [-0.2, -0.15) is 15.0 Å². The largest absolute Gasteiger partial charge is 0.344 e. The molecule has 1 fully saturated rings. The molecule has 6 nitrogen and oxygen atoms in total. The highest BCUT2D eigenvalue weighted by Crippen LogP contribution is 2.12. The molecule has 102 valence electrons. The fourth-order valence-electron chi connectivity index (χ4n) is 2.34. The van der Waals surface area contributed by atoms with Gasteiger partial charge in [0.05, 0.1) is 0 Å². The Hall–Kier alpha value is -1.87. The number of nitrogens with one attached hydrogen (secondary N) is 1. The third-order valence-electron chi connectivity index (χ3n) is 3.23. The van der Waals surface area contributed by atoms with E-state index in [1.54, 1.807) is 17.2 Å². The first kappa shape index (κ1) is 13.6. The van der Waals surface area contributed by atoms with Gasteiger partial charge < -0.3 is 10.2 Å². The molecule has 2 heterocycles. The molecule has 0 aliphatic carbocycles. The van der Waals surface area contributed by atoms with Gasteiger partial charge in [-0.15, -0.1) is 0 Å². The Morgan fingerprint density at radius 3 is 2.74 bits per heavy atom. The number of nitrogens with zero attached hydrogens (tertiary/aromatic N) is 4. The third kappa shape index (κ3) is 3.32. The van der Waals surface area contributed by atoms with E-state index in [4.69, 9.17) is 5.26 Å². The molecule has 19 heavy (non-hydrogen) atoms. The first-order valence-corrected chi connectivity index (χ1v) is 6.61. The van der Waals surface area contributed by atoms with Crippen molar-refractivity contribution in [3.8, 4) is 6.07 Å². The molecule has 0 unspecified atom stereocenters. The molecule has 1 aliphatic rings. The highest BCUT2D eigenvalue weighted by atomic mass is 16.2. The van der Waals surface area contributed by atoms with Crippen molar-refractivity contribution in [3.63, 3.8) is 0 Å². The summed E-state index contributed by atoms with van der Waals surface area (Å²) < 4.78 is 1.24. The van der Waals surface area contributed by atoms with E-state index < -0.39 is 0 Å². The first-order valence-electron chi connectivity index (χ1n) is 6.61. The Morgan fingerprint density at radius 1 is 1.53 bits per heavy atom. The number of carbonyl (C=O) groups excluding carboxylic acids is 1. The van der Waals surface area contributed by atoms with Crippen LogP contribution in [0.15, 0.2) is 12.3 Å². The lowest BCUT2D eigenvalue weighted by atomic mass is 10.0. The number of amides is 1. The molecule has 1 N–H and O–H groups in total. The summed E-state index contributed by atoms with van der Waals surface area (Å²) >= 11 is 0. The molecule has 2 rings (SSSR count). The van der Waals surface area contributed by atoms with Crippen LogP contribution in [-0.2, 0) is 0 Å². The van der Waals surface area contributed by atoms with Gasteiger partial charge in [0.1, 0.15) is 6.07 Å². The summed E-state index contributed by atoms with van der Waals surface area (Å²) in [6.45, 7) is 5.71. The van der Waals surface area contributed by atoms with Crippen molar-refractivity contribution in [2.75, 3.05) is 13.1 Å². The highest BCUT2D eigenvalue weighted by Gasteiger charge is 2.24. The summed E-state index contributed by atoms with van der Waals surface area (Å²) in [6.07, 6.45) is 3.45. The van der Waals surface area contributed by atoms with Crippen molar-refractivity contribution in [2.45, 2.75) is 38.8 Å². The van der Waals surface area contributed by atoms with E-state index >= 15 is 0 Å². The fraction of sp³-hybridized carbons (Fsp3) is 0.615. The second-order valence-corrected chi connectivity index (χ2v) is 5.12. The predicted molar refractivity (Wildman–Crippen MR) is 70.6 cm³/mol. The number of nitriles is 1. The molecule has 0 atom stereocenters. The van der Waals surface area contributed by atoms with E-state index in [1.807, 2.05) is 6.07 Å². The van der Waals surface area contributed by atoms with Crippen LogP contribution >= 0.6 is 0 Å². The van der Waals surface area contributed by atoms with E-state index in [-0.39, 0.29) is 11.7 Å². The highest BCUT2D eigenvalue weighted by molar-refractivity contribution is 5.76. The molecule has 1 aromatic heterocycles. The number of piperidine rings is 1. The number of aromatic nitrogens is 2. The molecule has 1 aliphatic heterocycles. The molecule has 0 radical (unpaired) electrons. The Labute approximate surface area is 113 Å². The summed E-state index contributed by atoms with van der Waals surface area (Å²) in [7, 11) is 0. The third-order valence-corrected chi connectivity index (χ3v) is 3.23. The van der Waals surface area contributed by atoms with Gasteiger partial charge in [0, 0.05) is 31.4 Å². The van der Waals surface area contributed by atoms with E-state index in [1.165, 1.54) is 4.68 Å². The molecule has 1 amide bonds. The minimum absolute atomic E-state index is 0.149. The molecule has 1 saturated heterocycles. The van der Waals surface area contributed by atoms with Gasteiger partial charge in [-0.05, 0) is 18.9 Å². The van der Waals surface area contributed by atoms with Crippen LogP contribution in [0.25, 0.3) is 0 Å². The number of rotatable bonds is 2. The monoisotopic (exact) mass is 261 g/mol. The van der Waals surface area contributed by atoms with Crippen molar-refractivity contribution in [1.82, 2.24) is 20.0 Å². The second-order valence-electron chi connectivity index (χ2n) is 5.12. The van der Waals surface area contributed by atoms with Crippen molar-refractivity contribution < 1.29 is 4.79 Å². The smallest absolute Gasteiger partial charge is 0.323 e. The van der Waals surface area contributed by atoms with E-state index in [0.29, 0.717) is 12.1 Å². The average Bonchev–Trinajstić information content (AvgIpc) is 2.87. The van der Waals surface area contributed by atoms with Crippen molar-refractivity contribution in [1.29, 1.82) is 5.26 Å². The van der Waals surface area contributed by atoms with Gasteiger partial charge in [-0.1, -0.05) is 13.8 Å². The van der Waals surface area contributed by atoms with Crippen LogP contribution in [0.2, 0.25) is 0 Å². The van der Waals surface area contributed by atoms with Gasteiger partial charge in [-0.25, -0.2) is 4.79 Å². The first-order chi connectivity index (χ1) is 9.10. The van der Waals surface area contributed by atoms with Crippen LogP contribution in [0.3, 0.4) is 0 Å². The number of hydrogen-bond acceptors (Lipinski definition) is 4. The topological polar surface area (TPSA) is 74.0 Å². The number of carbonyl (C=O) groups is 1. The summed E-state index contributed by atoms with van der Waals surface area (Å²) in [4.78, 5) is 13.9. The zero-order valence-electron chi connectivity index (χ0n) is 11.3. The van der Waals surface area contributed by atoms with Crippen LogP contribution in [0, 0.1) is 11.3 Å². The molecule has 0 bridgehead atoms. The Morgan fingerprint density at radius 2 is 2.21 bits per heavy atom. The lowest BCUT2D eigenvalue weighted by Crippen LogP contribution is -2.47. The van der Waals surface area contributed by atoms with E-state index in [0.717, 1.165) is 25.9 Å². The Bertz CT molecular complexity index is 479. The quantitative estimate of drug-likeness (QED) is 0.867. The van der Waals surface area contributed by atoms with Gasteiger partial charge in [-0.3, -0.25) is 0 Å². The zero-order chi connectivity index (χ0) is 13.8. The summed E-state index contributed by atoms with van der Waals surface area (Å²) in [5.74, 6) is 0. The van der Waals surface area contributed by atoms with Crippen LogP contribution in [0.5, 0.6) is 0 Å². The molecule has 0 saturated carbocycles. The van der Waals surface area contributed by atoms with Crippen molar-refractivity contribution in [3.05, 3.63) is 18.0 Å². The predicted octanol–water partition coefficient (Wildman–Crippen LogP) is 1.19. The average molecular weight is 261 g/mol. The molecule has 0 spiro atoms. The normalized spacial score (nSPS) is 16.6. The summed E-state index contributed by atoms with van der Waals surface area (Å²) in [5.41, 5.74) is 0.268. The second kappa shape index (κ2) is 5.85. The van der Waals surface area contributed by atoms with E-state index in [2.05, 4.69) is 24.3 Å². The lowest BCUT2D eigenvalue weighted by molar-refractivity contribution is 0.173. The van der Waals surface area contributed by atoms with Crippen molar-refractivity contribution in [2.24, 2.45) is 0 Å². The Balaban J connectivity index is 1.91. The minimum Gasteiger partial charge on any atom is -0.323 e. The standard InChI is InChI=1S/C13H19N5O/c1-10(2)15-11-3-6-17(7-4-11)13(19)18-8-5-12(9-14)16-18/h5,8,10-11,15H,3-4,6-7H2,1-2H3. The van der Waals surface area contributed by atoms with Gasteiger partial charge in [0.2, 0.25) is 0 Å². The molecule has 1 aromatic rings. The molecular weight excluding hydrogens is 242 g/mol. The summed E-state index contributed by atoms with van der Waals surface area (Å²) in [5, 5.41) is 16.1. The maximum atomic E-state index is 12.2. The minimum atomic E-state index is -0.149. The fourth-order valence-corrected chi connectivity index (χ4v) is 2.34. The number of hydrogen-bond donors (Lipinski definition) is 1. The maximum Gasteiger partial charge on any atom is 0.344 e. The molecule has 6 heteroatoms. The SMILES string of the molecule is CC(C)NC1CCN(C(=O)n2ccc(C#N)n2)CC1. The van der Waals surface area contributed by atoms with Gasteiger partial charge in [0.15, 0.2) is 5.69 Å². The number of likely N-dealkylation sites (tertiary alicyclic amines) is 1. The van der Waals surface area contributed by atoms with Crippen LogP contribution in [0.4, 0.5) is 4.79 Å². The van der Waals surface area contributed by atoms with E-state index in [9.17, 15) is 4.79 Å². The van der Waals surface area contributed by atoms with Crippen LogP contribution in [-0.4, -0.2) is 45.9 Å².